The van der Waals surface area contributed by atoms with Gasteiger partial charge in [-0.25, -0.2) is 4.79 Å². The molecule has 2 aliphatic rings. The quantitative estimate of drug-likeness (QED) is 0.453. The van der Waals surface area contributed by atoms with E-state index < -0.39 is 16.6 Å². The molecule has 24 heavy (non-hydrogen) atoms. The van der Waals surface area contributed by atoms with Crippen LogP contribution in [0, 0.1) is 10.1 Å². The Hall–Kier alpha value is -2.55. The van der Waals surface area contributed by atoms with E-state index in [9.17, 15) is 14.9 Å². The van der Waals surface area contributed by atoms with Crippen molar-refractivity contribution in [1.29, 1.82) is 0 Å². The lowest BCUT2D eigenvalue weighted by Crippen LogP contribution is -2.22. The van der Waals surface area contributed by atoms with E-state index in [1.54, 1.807) is 0 Å². The highest BCUT2D eigenvalue weighted by Crippen LogP contribution is 2.47. The van der Waals surface area contributed by atoms with E-state index in [4.69, 9.17) is 18.9 Å². The minimum atomic E-state index is -0.867. The van der Waals surface area contributed by atoms with E-state index in [1.807, 2.05) is 0 Å². The van der Waals surface area contributed by atoms with E-state index in [1.165, 1.54) is 0 Å². The average Bonchev–Trinajstić information content (AvgIpc) is 3.11. The van der Waals surface area contributed by atoms with E-state index in [0.717, 1.165) is 26.0 Å². The number of ether oxygens (including phenoxy) is 5. The van der Waals surface area contributed by atoms with Crippen molar-refractivity contribution >= 4 is 11.7 Å². The van der Waals surface area contributed by atoms with E-state index in [-0.39, 0.29) is 48.7 Å². The van der Waals surface area contributed by atoms with Crippen LogP contribution in [0.3, 0.4) is 0 Å². The molecule has 9 heteroatoms. The van der Waals surface area contributed by atoms with Crippen LogP contribution in [0.2, 0.25) is 0 Å². The Labute approximate surface area is 137 Å². The molecule has 0 aromatic heterocycles. The number of nitro groups is 1. The molecule has 1 atom stereocenters. The van der Waals surface area contributed by atoms with Crippen molar-refractivity contribution in [2.24, 2.45) is 0 Å². The van der Waals surface area contributed by atoms with Gasteiger partial charge in [0.2, 0.25) is 5.75 Å². The smallest absolute Gasteiger partial charge is 0.348 e. The van der Waals surface area contributed by atoms with Crippen LogP contribution in [0.15, 0.2) is 6.07 Å². The van der Waals surface area contributed by atoms with Gasteiger partial charge in [0.05, 0.1) is 24.2 Å². The molecule has 1 aromatic rings. The van der Waals surface area contributed by atoms with E-state index in [0.29, 0.717) is 6.61 Å². The molecular weight excluding hydrogens is 322 g/mol. The van der Waals surface area contributed by atoms with Gasteiger partial charge in [-0.05, 0) is 12.8 Å². The molecule has 0 aliphatic carbocycles. The maximum Gasteiger partial charge on any atom is 0.348 e. The molecular formula is C15H17NO8. The lowest BCUT2D eigenvalue weighted by atomic mass is 10.1. The second-order valence-electron chi connectivity index (χ2n) is 5.32. The maximum atomic E-state index is 12.0. The lowest BCUT2D eigenvalue weighted by Gasteiger charge is -2.23. The summed E-state index contributed by atoms with van der Waals surface area (Å²) in [5, 5.41) is 11.4. The minimum Gasteiger partial charge on any atom is -0.487 e. The number of carbonyl (C=O) groups is 1. The number of hydrogen-bond acceptors (Lipinski definition) is 8. The first kappa shape index (κ1) is 16.3. The monoisotopic (exact) mass is 339 g/mol. The molecule has 0 spiro atoms. The molecule has 9 nitrogen and oxygen atoms in total. The van der Waals surface area contributed by atoms with Crippen molar-refractivity contribution in [3.8, 4) is 17.2 Å². The number of hydrogen-bond donors (Lipinski definition) is 0. The lowest BCUT2D eigenvalue weighted by molar-refractivity contribution is -0.385. The summed E-state index contributed by atoms with van der Waals surface area (Å²) in [4.78, 5) is 22.7. The SMILES string of the molecule is COC(=O)c1c([N+](=O)[O-])cc(OCC2CCCO2)c2c1OCCO2. The van der Waals surface area contributed by atoms with Crippen molar-refractivity contribution in [1.82, 2.24) is 0 Å². The average molecular weight is 339 g/mol. The first-order valence-electron chi connectivity index (χ1n) is 7.55. The van der Waals surface area contributed by atoms with Crippen molar-refractivity contribution < 1.29 is 33.4 Å². The molecule has 0 N–H and O–H groups in total. The standard InChI is InChI=1S/C15H17NO8/c1-20-15(17)12-10(16(18)19)7-11(13-14(12)23-6-5-22-13)24-8-9-3-2-4-21-9/h7,9H,2-6,8H2,1H3. The number of nitro benzene ring substituents is 1. The van der Waals surface area contributed by atoms with Crippen molar-refractivity contribution in [3.63, 3.8) is 0 Å². The fourth-order valence-electron chi connectivity index (χ4n) is 2.67. The van der Waals surface area contributed by atoms with Gasteiger partial charge < -0.3 is 23.7 Å². The Morgan fingerprint density at radius 3 is 2.71 bits per heavy atom. The molecule has 2 heterocycles. The second kappa shape index (κ2) is 6.91. The van der Waals surface area contributed by atoms with Gasteiger partial charge in [0.25, 0.3) is 5.69 Å². The number of carbonyl (C=O) groups excluding carboxylic acids is 1. The molecule has 0 amide bonds. The van der Waals surface area contributed by atoms with Crippen LogP contribution in [0.25, 0.3) is 0 Å². The maximum absolute atomic E-state index is 12.0. The zero-order valence-corrected chi connectivity index (χ0v) is 13.1. The Bertz CT molecular complexity index is 653. The number of esters is 1. The predicted molar refractivity (Wildman–Crippen MR) is 79.9 cm³/mol. The zero-order valence-electron chi connectivity index (χ0n) is 13.1. The summed E-state index contributed by atoms with van der Waals surface area (Å²) in [6.07, 6.45) is 1.75. The van der Waals surface area contributed by atoms with Crippen LogP contribution < -0.4 is 14.2 Å². The van der Waals surface area contributed by atoms with Gasteiger partial charge in [-0.15, -0.1) is 0 Å². The minimum absolute atomic E-state index is 0.0235. The summed E-state index contributed by atoms with van der Waals surface area (Å²) in [5.74, 6) is -0.566. The third-order valence-electron chi connectivity index (χ3n) is 3.79. The van der Waals surface area contributed by atoms with Crippen molar-refractivity contribution in [2.75, 3.05) is 33.5 Å². The van der Waals surface area contributed by atoms with Crippen LogP contribution in [0.4, 0.5) is 5.69 Å². The molecule has 0 saturated carbocycles. The number of nitrogens with zero attached hydrogens (tertiary/aromatic N) is 1. The van der Waals surface area contributed by atoms with Gasteiger partial charge in [-0.3, -0.25) is 10.1 Å². The second-order valence-corrected chi connectivity index (χ2v) is 5.32. The van der Waals surface area contributed by atoms with E-state index in [2.05, 4.69) is 4.74 Å². The highest BCUT2D eigenvalue weighted by Gasteiger charge is 2.35. The zero-order chi connectivity index (χ0) is 17.1. The first-order chi connectivity index (χ1) is 11.6. The molecule has 1 unspecified atom stereocenters. The van der Waals surface area contributed by atoms with Crippen LogP contribution in [0.5, 0.6) is 17.2 Å². The van der Waals surface area contributed by atoms with Gasteiger partial charge in [-0.1, -0.05) is 0 Å². The molecule has 0 bridgehead atoms. The normalized spacial score (nSPS) is 19.0. The van der Waals surface area contributed by atoms with Gasteiger partial charge in [-0.2, -0.15) is 0 Å². The number of fused-ring (bicyclic) bond motifs is 1. The number of rotatable bonds is 5. The molecule has 2 aliphatic heterocycles. The summed E-state index contributed by atoms with van der Waals surface area (Å²) in [6.45, 7) is 1.34. The topological polar surface area (TPSA) is 106 Å². The Balaban J connectivity index is 2.00. The summed E-state index contributed by atoms with van der Waals surface area (Å²) in [7, 11) is 1.14. The summed E-state index contributed by atoms with van der Waals surface area (Å²) in [6, 6.07) is 1.16. The fourth-order valence-corrected chi connectivity index (χ4v) is 2.67. The third kappa shape index (κ3) is 3.07. The van der Waals surface area contributed by atoms with Crippen molar-refractivity contribution in [3.05, 3.63) is 21.7 Å². The largest absolute Gasteiger partial charge is 0.487 e. The van der Waals surface area contributed by atoms with Crippen LogP contribution >= 0.6 is 0 Å². The van der Waals surface area contributed by atoms with Crippen LogP contribution in [-0.2, 0) is 9.47 Å². The highest BCUT2D eigenvalue weighted by atomic mass is 16.6. The first-order valence-corrected chi connectivity index (χ1v) is 7.55. The van der Waals surface area contributed by atoms with Gasteiger partial charge in [0.1, 0.15) is 19.8 Å². The van der Waals surface area contributed by atoms with Crippen molar-refractivity contribution in [2.45, 2.75) is 18.9 Å². The Morgan fingerprint density at radius 1 is 1.33 bits per heavy atom. The van der Waals surface area contributed by atoms with Gasteiger partial charge in [0.15, 0.2) is 17.1 Å². The summed E-state index contributed by atoms with van der Waals surface area (Å²) >= 11 is 0. The molecule has 0 radical (unpaired) electrons. The molecule has 130 valence electrons. The predicted octanol–water partition coefficient (Wildman–Crippen LogP) is 1.71. The molecule has 1 fully saturated rings. The number of methoxy groups -OCH3 is 1. The van der Waals surface area contributed by atoms with Gasteiger partial charge >= 0.3 is 5.97 Å². The van der Waals surface area contributed by atoms with Crippen LogP contribution in [-0.4, -0.2) is 50.5 Å². The third-order valence-corrected chi connectivity index (χ3v) is 3.79. The molecule has 1 aromatic carbocycles. The van der Waals surface area contributed by atoms with Gasteiger partial charge in [0, 0.05) is 6.61 Å². The fraction of sp³-hybridized carbons (Fsp3) is 0.533. The summed E-state index contributed by atoms with van der Waals surface area (Å²) in [5.41, 5.74) is -0.727. The summed E-state index contributed by atoms with van der Waals surface area (Å²) < 4.78 is 26.7. The highest BCUT2D eigenvalue weighted by molar-refractivity contribution is 5.99. The molecule has 3 rings (SSSR count). The molecule has 1 saturated heterocycles. The van der Waals surface area contributed by atoms with E-state index >= 15 is 0 Å². The van der Waals surface area contributed by atoms with Crippen LogP contribution in [0.1, 0.15) is 23.2 Å². The Morgan fingerprint density at radius 2 is 2.08 bits per heavy atom. The number of benzene rings is 1. The Kier molecular flexibility index (Phi) is 4.70.